The van der Waals surface area contributed by atoms with Gasteiger partial charge >= 0.3 is 0 Å². The zero-order valence-corrected chi connectivity index (χ0v) is 11.4. The van der Waals surface area contributed by atoms with Gasteiger partial charge in [0.05, 0.1) is 6.26 Å². The van der Waals surface area contributed by atoms with Crippen LogP contribution in [0.1, 0.15) is 35.4 Å². The minimum absolute atomic E-state index is 0.320. The SMILES string of the molecule is CCNC(Cc1ccco1)c1cc(C)ccc1C. The van der Waals surface area contributed by atoms with Crippen LogP contribution in [0.15, 0.2) is 41.0 Å². The molecule has 1 atom stereocenters. The van der Waals surface area contributed by atoms with Crippen LogP contribution < -0.4 is 5.32 Å². The van der Waals surface area contributed by atoms with Crippen molar-refractivity contribution in [3.8, 4) is 0 Å². The minimum atomic E-state index is 0.320. The molecular formula is C16H21NO. The average molecular weight is 243 g/mol. The molecule has 0 radical (unpaired) electrons. The zero-order valence-electron chi connectivity index (χ0n) is 11.4. The Kier molecular flexibility index (Phi) is 4.21. The second kappa shape index (κ2) is 5.87. The van der Waals surface area contributed by atoms with Gasteiger partial charge in [0.25, 0.3) is 0 Å². The Morgan fingerprint density at radius 2 is 2.06 bits per heavy atom. The van der Waals surface area contributed by atoms with Crippen LogP contribution >= 0.6 is 0 Å². The second-order valence-corrected chi connectivity index (χ2v) is 4.75. The van der Waals surface area contributed by atoms with E-state index >= 15 is 0 Å². The Morgan fingerprint density at radius 3 is 2.72 bits per heavy atom. The maximum atomic E-state index is 5.46. The van der Waals surface area contributed by atoms with E-state index in [2.05, 4.69) is 44.3 Å². The lowest BCUT2D eigenvalue weighted by molar-refractivity contribution is 0.454. The molecule has 0 bridgehead atoms. The van der Waals surface area contributed by atoms with Crippen LogP contribution in [0.2, 0.25) is 0 Å². The van der Waals surface area contributed by atoms with Crippen LogP contribution in [0.4, 0.5) is 0 Å². The number of furan rings is 1. The van der Waals surface area contributed by atoms with Crippen molar-refractivity contribution < 1.29 is 4.42 Å². The largest absolute Gasteiger partial charge is 0.469 e. The molecule has 0 fully saturated rings. The highest BCUT2D eigenvalue weighted by Crippen LogP contribution is 2.23. The summed E-state index contributed by atoms with van der Waals surface area (Å²) < 4.78 is 5.46. The summed E-state index contributed by atoms with van der Waals surface area (Å²) in [5.74, 6) is 1.03. The molecule has 2 aromatic rings. The number of rotatable bonds is 5. The molecule has 1 aromatic carbocycles. The first kappa shape index (κ1) is 12.9. The summed E-state index contributed by atoms with van der Waals surface area (Å²) in [6.45, 7) is 7.40. The normalized spacial score (nSPS) is 12.6. The van der Waals surface area contributed by atoms with E-state index in [1.165, 1.54) is 16.7 Å². The van der Waals surface area contributed by atoms with Crippen LogP contribution in [-0.2, 0) is 6.42 Å². The highest BCUT2D eigenvalue weighted by Gasteiger charge is 2.14. The van der Waals surface area contributed by atoms with Crippen molar-refractivity contribution in [1.29, 1.82) is 0 Å². The van der Waals surface area contributed by atoms with Crippen molar-refractivity contribution in [1.82, 2.24) is 5.32 Å². The second-order valence-electron chi connectivity index (χ2n) is 4.75. The van der Waals surface area contributed by atoms with Gasteiger partial charge in [-0.25, -0.2) is 0 Å². The third-order valence-corrected chi connectivity index (χ3v) is 3.25. The lowest BCUT2D eigenvalue weighted by Gasteiger charge is -2.20. The maximum Gasteiger partial charge on any atom is 0.105 e. The maximum absolute atomic E-state index is 5.46. The van der Waals surface area contributed by atoms with Gasteiger partial charge in [0.1, 0.15) is 5.76 Å². The fourth-order valence-corrected chi connectivity index (χ4v) is 2.30. The third-order valence-electron chi connectivity index (χ3n) is 3.25. The highest BCUT2D eigenvalue weighted by atomic mass is 16.3. The minimum Gasteiger partial charge on any atom is -0.469 e. The molecule has 0 aliphatic heterocycles. The molecule has 0 spiro atoms. The Balaban J connectivity index is 2.26. The molecule has 2 heteroatoms. The molecule has 0 saturated heterocycles. The molecule has 0 saturated carbocycles. The van der Waals surface area contributed by atoms with E-state index < -0.39 is 0 Å². The summed E-state index contributed by atoms with van der Waals surface area (Å²) >= 11 is 0. The summed E-state index contributed by atoms with van der Waals surface area (Å²) in [5, 5.41) is 3.55. The van der Waals surface area contributed by atoms with Crippen molar-refractivity contribution >= 4 is 0 Å². The van der Waals surface area contributed by atoms with Gasteiger partial charge < -0.3 is 9.73 Å². The molecule has 0 aliphatic rings. The van der Waals surface area contributed by atoms with Crippen molar-refractivity contribution in [3.05, 3.63) is 59.0 Å². The smallest absolute Gasteiger partial charge is 0.105 e. The summed E-state index contributed by atoms with van der Waals surface area (Å²) in [6, 6.07) is 10.9. The van der Waals surface area contributed by atoms with Gasteiger partial charge in [0, 0.05) is 12.5 Å². The highest BCUT2D eigenvalue weighted by molar-refractivity contribution is 5.33. The lowest BCUT2D eigenvalue weighted by atomic mass is 9.96. The van der Waals surface area contributed by atoms with E-state index in [1.807, 2.05) is 12.1 Å². The number of benzene rings is 1. The zero-order chi connectivity index (χ0) is 13.0. The lowest BCUT2D eigenvalue weighted by Crippen LogP contribution is -2.23. The first-order chi connectivity index (χ1) is 8.70. The van der Waals surface area contributed by atoms with Crippen LogP contribution in [0, 0.1) is 13.8 Å². The Labute approximate surface area is 109 Å². The van der Waals surface area contributed by atoms with E-state index in [9.17, 15) is 0 Å². The van der Waals surface area contributed by atoms with Crippen molar-refractivity contribution in [2.24, 2.45) is 0 Å². The predicted molar refractivity (Wildman–Crippen MR) is 74.7 cm³/mol. The molecule has 2 nitrogen and oxygen atoms in total. The van der Waals surface area contributed by atoms with Gasteiger partial charge in [-0.3, -0.25) is 0 Å². The van der Waals surface area contributed by atoms with Crippen molar-refractivity contribution in [2.75, 3.05) is 6.54 Å². The predicted octanol–water partition coefficient (Wildman–Crippen LogP) is 3.79. The van der Waals surface area contributed by atoms with E-state index in [4.69, 9.17) is 4.42 Å². The quantitative estimate of drug-likeness (QED) is 0.864. The van der Waals surface area contributed by atoms with Gasteiger partial charge in [-0.1, -0.05) is 30.7 Å². The molecule has 2 rings (SSSR count). The van der Waals surface area contributed by atoms with Crippen LogP contribution in [-0.4, -0.2) is 6.54 Å². The average Bonchev–Trinajstić information content (AvgIpc) is 2.85. The van der Waals surface area contributed by atoms with Crippen molar-refractivity contribution in [3.63, 3.8) is 0 Å². The van der Waals surface area contributed by atoms with Crippen LogP contribution in [0.3, 0.4) is 0 Å². The van der Waals surface area contributed by atoms with E-state index in [1.54, 1.807) is 6.26 Å². The fourth-order valence-electron chi connectivity index (χ4n) is 2.30. The monoisotopic (exact) mass is 243 g/mol. The molecule has 1 heterocycles. The number of aryl methyl sites for hydroxylation is 2. The van der Waals surface area contributed by atoms with Gasteiger partial charge in [-0.05, 0) is 43.7 Å². The molecule has 1 unspecified atom stereocenters. The molecule has 18 heavy (non-hydrogen) atoms. The van der Waals surface area contributed by atoms with Gasteiger partial charge in [0.15, 0.2) is 0 Å². The molecule has 0 aliphatic carbocycles. The van der Waals surface area contributed by atoms with Gasteiger partial charge in [-0.2, -0.15) is 0 Å². The van der Waals surface area contributed by atoms with E-state index in [0.717, 1.165) is 18.7 Å². The summed E-state index contributed by atoms with van der Waals surface area (Å²) in [5.41, 5.74) is 4.00. The number of hydrogen-bond donors (Lipinski definition) is 1. The summed E-state index contributed by atoms with van der Waals surface area (Å²) in [4.78, 5) is 0. The van der Waals surface area contributed by atoms with E-state index in [-0.39, 0.29) is 0 Å². The summed E-state index contributed by atoms with van der Waals surface area (Å²) in [7, 11) is 0. The first-order valence-corrected chi connectivity index (χ1v) is 6.53. The van der Waals surface area contributed by atoms with Gasteiger partial charge in [-0.15, -0.1) is 0 Å². The Hall–Kier alpha value is -1.54. The topological polar surface area (TPSA) is 25.2 Å². The Morgan fingerprint density at radius 1 is 1.22 bits per heavy atom. The molecule has 1 aromatic heterocycles. The van der Waals surface area contributed by atoms with Crippen LogP contribution in [0.5, 0.6) is 0 Å². The number of hydrogen-bond acceptors (Lipinski definition) is 2. The summed E-state index contributed by atoms with van der Waals surface area (Å²) in [6.07, 6.45) is 2.63. The number of nitrogens with one attached hydrogen (secondary N) is 1. The fraction of sp³-hybridized carbons (Fsp3) is 0.375. The van der Waals surface area contributed by atoms with E-state index in [0.29, 0.717) is 6.04 Å². The molecular weight excluding hydrogens is 222 g/mol. The standard InChI is InChI=1S/C16H21NO/c1-4-17-16(11-14-6-5-9-18-14)15-10-12(2)7-8-13(15)3/h5-10,16-17H,4,11H2,1-3H3. The van der Waals surface area contributed by atoms with Crippen LogP contribution in [0.25, 0.3) is 0 Å². The van der Waals surface area contributed by atoms with Crippen molar-refractivity contribution in [2.45, 2.75) is 33.2 Å². The van der Waals surface area contributed by atoms with Gasteiger partial charge in [0.2, 0.25) is 0 Å². The molecule has 0 amide bonds. The molecule has 1 N–H and O–H groups in total. The first-order valence-electron chi connectivity index (χ1n) is 6.53. The third kappa shape index (κ3) is 3.02. The number of likely N-dealkylation sites (N-methyl/N-ethyl adjacent to an activating group) is 1. The molecule has 96 valence electrons. The Bertz CT molecular complexity index is 488.